The zero-order valence-electron chi connectivity index (χ0n) is 11.6. The van der Waals surface area contributed by atoms with Gasteiger partial charge in [-0.3, -0.25) is 0 Å². The van der Waals surface area contributed by atoms with Gasteiger partial charge in [0.15, 0.2) is 0 Å². The second-order valence-electron chi connectivity index (χ2n) is 4.98. The number of amides is 2. The predicted octanol–water partition coefficient (Wildman–Crippen LogP) is 2.65. The van der Waals surface area contributed by atoms with Gasteiger partial charge >= 0.3 is 12.0 Å². The lowest BCUT2D eigenvalue weighted by molar-refractivity contribution is 0.0698. The Hall–Kier alpha value is -1.60. The molecule has 0 bridgehead atoms. The minimum absolute atomic E-state index is 0.0605. The second-order valence-corrected chi connectivity index (χ2v) is 5.90. The van der Waals surface area contributed by atoms with E-state index in [2.05, 4.69) is 21.2 Å². The van der Waals surface area contributed by atoms with Gasteiger partial charge in [-0.15, -0.1) is 0 Å². The van der Waals surface area contributed by atoms with E-state index in [0.717, 1.165) is 6.42 Å². The molecule has 7 heteroatoms. The average Bonchev–Trinajstić information content (AvgIpc) is 2.89. The minimum Gasteiger partial charge on any atom is -0.478 e. The van der Waals surface area contributed by atoms with Crippen LogP contribution in [0.2, 0.25) is 0 Å². The number of hydrogen-bond donors (Lipinski definition) is 2. The summed E-state index contributed by atoms with van der Waals surface area (Å²) in [4.78, 5) is 25.1. The largest absolute Gasteiger partial charge is 0.478 e. The molecule has 1 aromatic rings. The van der Waals surface area contributed by atoms with Gasteiger partial charge in [0.1, 0.15) is 0 Å². The van der Waals surface area contributed by atoms with Gasteiger partial charge in [0.25, 0.3) is 0 Å². The minimum atomic E-state index is -1.08. The summed E-state index contributed by atoms with van der Waals surface area (Å²) in [7, 11) is 1.64. The molecule has 2 N–H and O–H groups in total. The van der Waals surface area contributed by atoms with Crippen LogP contribution in [-0.2, 0) is 4.74 Å². The molecule has 114 valence electrons. The highest BCUT2D eigenvalue weighted by atomic mass is 79.9. The summed E-state index contributed by atoms with van der Waals surface area (Å²) >= 11 is 3.22. The van der Waals surface area contributed by atoms with Gasteiger partial charge in [-0.1, -0.05) is 15.9 Å². The molecule has 1 aliphatic heterocycles. The van der Waals surface area contributed by atoms with Crippen molar-refractivity contribution < 1.29 is 19.4 Å². The third kappa shape index (κ3) is 3.95. The first-order valence-electron chi connectivity index (χ1n) is 6.59. The van der Waals surface area contributed by atoms with E-state index in [1.54, 1.807) is 24.1 Å². The molecule has 1 aromatic carbocycles. The number of methoxy groups -OCH3 is 1. The van der Waals surface area contributed by atoms with E-state index >= 15 is 0 Å². The van der Waals surface area contributed by atoms with Crippen molar-refractivity contribution in [3.8, 4) is 0 Å². The molecule has 0 saturated carbocycles. The molecule has 1 unspecified atom stereocenters. The Kier molecular flexibility index (Phi) is 5.19. The molecule has 2 amide bonds. The van der Waals surface area contributed by atoms with Crippen LogP contribution in [-0.4, -0.2) is 48.8 Å². The molecule has 1 fully saturated rings. The topological polar surface area (TPSA) is 78.9 Å². The van der Waals surface area contributed by atoms with E-state index in [-0.39, 0.29) is 11.6 Å². The van der Waals surface area contributed by atoms with Crippen LogP contribution < -0.4 is 5.32 Å². The number of carboxylic acids is 1. The maximum Gasteiger partial charge on any atom is 0.337 e. The van der Waals surface area contributed by atoms with Crippen molar-refractivity contribution in [3.63, 3.8) is 0 Å². The van der Waals surface area contributed by atoms with Gasteiger partial charge in [-0.25, -0.2) is 9.59 Å². The summed E-state index contributed by atoms with van der Waals surface area (Å²) in [6.45, 7) is 1.90. The zero-order chi connectivity index (χ0) is 15.4. The van der Waals surface area contributed by atoms with Crippen molar-refractivity contribution in [1.29, 1.82) is 0 Å². The molecular weight excluding hydrogens is 340 g/mol. The molecule has 21 heavy (non-hydrogen) atoms. The number of nitrogens with one attached hydrogen (secondary N) is 1. The van der Waals surface area contributed by atoms with Crippen LogP contribution in [0.25, 0.3) is 0 Å². The third-order valence-corrected chi connectivity index (χ3v) is 3.92. The number of halogens is 1. The number of anilines is 1. The number of nitrogens with zero attached hydrogens (tertiary/aromatic N) is 1. The number of aromatic carboxylic acids is 1. The SMILES string of the molecule is COCC1CCN(C(=O)Nc2ccc(Br)cc2C(=O)O)C1. The number of rotatable bonds is 4. The molecule has 0 aromatic heterocycles. The van der Waals surface area contributed by atoms with Crippen LogP contribution in [0.4, 0.5) is 10.5 Å². The van der Waals surface area contributed by atoms with Crippen molar-refractivity contribution in [2.45, 2.75) is 6.42 Å². The first-order chi connectivity index (χ1) is 10.0. The summed E-state index contributed by atoms with van der Waals surface area (Å²) < 4.78 is 5.75. The average molecular weight is 357 g/mol. The summed E-state index contributed by atoms with van der Waals surface area (Å²) in [5.74, 6) is -0.741. The molecule has 6 nitrogen and oxygen atoms in total. The summed E-state index contributed by atoms with van der Waals surface area (Å²) in [5, 5.41) is 11.8. The van der Waals surface area contributed by atoms with E-state index < -0.39 is 5.97 Å². The fraction of sp³-hybridized carbons (Fsp3) is 0.429. The van der Waals surface area contributed by atoms with E-state index in [0.29, 0.717) is 35.8 Å². The van der Waals surface area contributed by atoms with E-state index in [1.807, 2.05) is 0 Å². The molecule has 1 saturated heterocycles. The quantitative estimate of drug-likeness (QED) is 0.868. The summed E-state index contributed by atoms with van der Waals surface area (Å²) in [6.07, 6.45) is 0.896. The number of carbonyl (C=O) groups excluding carboxylic acids is 1. The molecule has 0 aliphatic carbocycles. The van der Waals surface area contributed by atoms with Crippen LogP contribution in [0.5, 0.6) is 0 Å². The Balaban J connectivity index is 2.05. The van der Waals surface area contributed by atoms with Crippen molar-refractivity contribution in [2.75, 3.05) is 32.1 Å². The van der Waals surface area contributed by atoms with Crippen LogP contribution in [0, 0.1) is 5.92 Å². The Morgan fingerprint density at radius 2 is 2.29 bits per heavy atom. The first-order valence-corrected chi connectivity index (χ1v) is 7.38. The predicted molar refractivity (Wildman–Crippen MR) is 81.7 cm³/mol. The van der Waals surface area contributed by atoms with Crippen LogP contribution in [0.3, 0.4) is 0 Å². The molecular formula is C14H17BrN2O4. The first kappa shape index (κ1) is 15.8. The van der Waals surface area contributed by atoms with Gasteiger partial charge in [0.05, 0.1) is 17.9 Å². The highest BCUT2D eigenvalue weighted by Gasteiger charge is 2.26. The Morgan fingerprint density at radius 3 is 2.95 bits per heavy atom. The van der Waals surface area contributed by atoms with E-state index in [1.165, 1.54) is 6.07 Å². The highest BCUT2D eigenvalue weighted by molar-refractivity contribution is 9.10. The molecule has 1 heterocycles. The summed E-state index contributed by atoms with van der Waals surface area (Å²) in [5.41, 5.74) is 0.358. The molecule has 2 rings (SSSR count). The van der Waals surface area contributed by atoms with Crippen molar-refractivity contribution in [3.05, 3.63) is 28.2 Å². The molecule has 0 radical (unpaired) electrons. The number of hydrogen-bond acceptors (Lipinski definition) is 3. The standard InChI is InChI=1S/C14H17BrN2O4/c1-21-8-9-4-5-17(7-9)14(20)16-12-3-2-10(15)6-11(12)13(18)19/h2-3,6,9H,4-5,7-8H2,1H3,(H,16,20)(H,18,19). The number of likely N-dealkylation sites (tertiary alicyclic amines) is 1. The van der Waals surface area contributed by atoms with Gasteiger partial charge in [0.2, 0.25) is 0 Å². The van der Waals surface area contributed by atoms with Gasteiger partial charge in [-0.2, -0.15) is 0 Å². The van der Waals surface area contributed by atoms with Crippen LogP contribution in [0.1, 0.15) is 16.8 Å². The van der Waals surface area contributed by atoms with Crippen LogP contribution in [0.15, 0.2) is 22.7 Å². The fourth-order valence-corrected chi connectivity index (χ4v) is 2.75. The monoisotopic (exact) mass is 356 g/mol. The third-order valence-electron chi connectivity index (χ3n) is 3.43. The summed E-state index contributed by atoms with van der Waals surface area (Å²) in [6, 6.07) is 4.46. The van der Waals surface area contributed by atoms with Crippen molar-refractivity contribution in [1.82, 2.24) is 4.90 Å². The van der Waals surface area contributed by atoms with Crippen LogP contribution >= 0.6 is 15.9 Å². The Labute approximate surface area is 131 Å². The maximum absolute atomic E-state index is 12.2. The highest BCUT2D eigenvalue weighted by Crippen LogP contribution is 2.23. The van der Waals surface area contributed by atoms with Crippen molar-refractivity contribution in [2.24, 2.45) is 5.92 Å². The lowest BCUT2D eigenvalue weighted by atomic mass is 10.1. The lowest BCUT2D eigenvalue weighted by Gasteiger charge is -2.18. The van der Waals surface area contributed by atoms with Gasteiger partial charge < -0.3 is 20.1 Å². The van der Waals surface area contributed by atoms with Gasteiger partial charge in [-0.05, 0) is 24.6 Å². The fourth-order valence-electron chi connectivity index (χ4n) is 2.39. The number of ether oxygens (including phenoxy) is 1. The Bertz CT molecular complexity index is 550. The number of carbonyl (C=O) groups is 2. The Morgan fingerprint density at radius 1 is 1.52 bits per heavy atom. The van der Waals surface area contributed by atoms with Crippen molar-refractivity contribution >= 4 is 33.6 Å². The number of carboxylic acid groups (broad SMARTS) is 1. The second kappa shape index (κ2) is 6.91. The van der Waals surface area contributed by atoms with E-state index in [4.69, 9.17) is 4.74 Å². The maximum atomic E-state index is 12.2. The zero-order valence-corrected chi connectivity index (χ0v) is 13.2. The molecule has 1 aliphatic rings. The molecule has 0 spiro atoms. The smallest absolute Gasteiger partial charge is 0.337 e. The van der Waals surface area contributed by atoms with Gasteiger partial charge in [0, 0.05) is 30.6 Å². The van der Waals surface area contributed by atoms with E-state index in [9.17, 15) is 14.7 Å². The number of benzene rings is 1. The normalized spacial score (nSPS) is 17.8. The molecule has 1 atom stereocenters. The number of urea groups is 1. The lowest BCUT2D eigenvalue weighted by Crippen LogP contribution is -2.33.